The average Bonchev–Trinajstić information content (AvgIpc) is 2.69. The van der Waals surface area contributed by atoms with Crippen molar-refractivity contribution in [3.8, 4) is 0 Å². The maximum atomic E-state index is 10.7. The third-order valence-electron chi connectivity index (χ3n) is 3.71. The van der Waals surface area contributed by atoms with Gasteiger partial charge in [0.2, 0.25) is 0 Å². The van der Waals surface area contributed by atoms with Crippen LogP contribution in [0.3, 0.4) is 0 Å². The van der Waals surface area contributed by atoms with Gasteiger partial charge in [0.15, 0.2) is 0 Å². The lowest BCUT2D eigenvalue weighted by Gasteiger charge is -2.21. The molecule has 0 bridgehead atoms. The summed E-state index contributed by atoms with van der Waals surface area (Å²) in [6, 6.07) is 0. The number of aliphatic carboxylic acids is 1. The molecule has 4 nitrogen and oxygen atoms in total. The molecule has 1 aliphatic carbocycles. The molecule has 17 heavy (non-hydrogen) atoms. The minimum Gasteiger partial charge on any atom is -0.481 e. The van der Waals surface area contributed by atoms with Gasteiger partial charge in [-0.1, -0.05) is 19.3 Å². The normalized spacial score (nSPS) is 17.2. The lowest BCUT2D eigenvalue weighted by molar-refractivity contribution is -0.136. The van der Waals surface area contributed by atoms with Crippen LogP contribution in [0.5, 0.6) is 0 Å². The van der Waals surface area contributed by atoms with E-state index in [9.17, 15) is 4.79 Å². The molecule has 0 aliphatic heterocycles. The van der Waals surface area contributed by atoms with Gasteiger partial charge in [-0.2, -0.15) is 5.10 Å². The van der Waals surface area contributed by atoms with E-state index in [1.54, 1.807) is 0 Å². The van der Waals surface area contributed by atoms with E-state index in [0.717, 1.165) is 5.69 Å². The Morgan fingerprint density at radius 2 is 2.18 bits per heavy atom. The van der Waals surface area contributed by atoms with E-state index >= 15 is 0 Å². The van der Waals surface area contributed by atoms with Crippen LogP contribution in [-0.4, -0.2) is 20.9 Å². The smallest absolute Gasteiger partial charge is 0.303 e. The zero-order valence-corrected chi connectivity index (χ0v) is 10.4. The van der Waals surface area contributed by atoms with Gasteiger partial charge >= 0.3 is 5.97 Å². The number of hydrogen-bond acceptors (Lipinski definition) is 2. The fraction of sp³-hybridized carbons (Fsp3) is 0.692. The summed E-state index contributed by atoms with van der Waals surface area (Å²) in [6.07, 6.45) is 9.10. The fourth-order valence-electron chi connectivity index (χ4n) is 2.77. The van der Waals surface area contributed by atoms with Crippen molar-refractivity contribution in [1.29, 1.82) is 0 Å². The van der Waals surface area contributed by atoms with Crippen LogP contribution >= 0.6 is 0 Å². The third kappa shape index (κ3) is 2.87. The Morgan fingerprint density at radius 1 is 1.47 bits per heavy atom. The van der Waals surface area contributed by atoms with E-state index in [2.05, 4.69) is 5.10 Å². The zero-order chi connectivity index (χ0) is 12.3. The first-order chi connectivity index (χ1) is 8.18. The third-order valence-corrected chi connectivity index (χ3v) is 3.71. The number of nitrogens with zero attached hydrogens (tertiary/aromatic N) is 2. The average molecular weight is 236 g/mol. The Bertz CT molecular complexity index is 392. The van der Waals surface area contributed by atoms with E-state index in [0.29, 0.717) is 12.3 Å². The van der Waals surface area contributed by atoms with E-state index in [1.807, 2.05) is 17.9 Å². The number of aromatic nitrogens is 2. The Balaban J connectivity index is 2.12. The monoisotopic (exact) mass is 236 g/mol. The highest BCUT2D eigenvalue weighted by molar-refractivity contribution is 5.67. The highest BCUT2D eigenvalue weighted by Crippen LogP contribution is 2.34. The first kappa shape index (κ1) is 12.1. The van der Waals surface area contributed by atoms with Crippen molar-refractivity contribution in [2.75, 3.05) is 0 Å². The summed E-state index contributed by atoms with van der Waals surface area (Å²) in [4.78, 5) is 10.7. The summed E-state index contributed by atoms with van der Waals surface area (Å²) < 4.78 is 1.84. The molecule has 0 atom stereocenters. The van der Waals surface area contributed by atoms with Gasteiger partial charge in [0.25, 0.3) is 0 Å². The Morgan fingerprint density at radius 3 is 2.82 bits per heavy atom. The molecule has 0 spiro atoms. The maximum absolute atomic E-state index is 10.7. The highest BCUT2D eigenvalue weighted by atomic mass is 16.4. The van der Waals surface area contributed by atoms with Crippen molar-refractivity contribution in [2.45, 2.75) is 50.9 Å². The van der Waals surface area contributed by atoms with Crippen LogP contribution in [0.25, 0.3) is 0 Å². The number of carboxylic acid groups (broad SMARTS) is 1. The molecule has 0 unspecified atom stereocenters. The Hall–Kier alpha value is -1.32. The van der Waals surface area contributed by atoms with E-state index in [4.69, 9.17) is 5.11 Å². The highest BCUT2D eigenvalue weighted by Gasteiger charge is 2.21. The van der Waals surface area contributed by atoms with Gasteiger partial charge < -0.3 is 5.11 Å². The molecule has 94 valence electrons. The Kier molecular flexibility index (Phi) is 3.82. The first-order valence-corrected chi connectivity index (χ1v) is 6.41. The molecular weight excluding hydrogens is 216 g/mol. The van der Waals surface area contributed by atoms with Crippen LogP contribution < -0.4 is 0 Å². The van der Waals surface area contributed by atoms with Crippen molar-refractivity contribution in [3.05, 3.63) is 17.5 Å². The Labute approximate surface area is 102 Å². The van der Waals surface area contributed by atoms with Gasteiger partial charge in [0, 0.05) is 19.2 Å². The fourth-order valence-corrected chi connectivity index (χ4v) is 2.77. The lowest BCUT2D eigenvalue weighted by atomic mass is 9.84. The molecule has 0 aromatic carbocycles. The summed E-state index contributed by atoms with van der Waals surface area (Å²) >= 11 is 0. The summed E-state index contributed by atoms with van der Waals surface area (Å²) in [7, 11) is 1.91. The van der Waals surface area contributed by atoms with Gasteiger partial charge in [-0.05, 0) is 24.3 Å². The summed E-state index contributed by atoms with van der Waals surface area (Å²) in [6.45, 7) is 0. The molecule has 1 aromatic rings. The first-order valence-electron chi connectivity index (χ1n) is 6.41. The van der Waals surface area contributed by atoms with Gasteiger partial charge in [-0.3, -0.25) is 9.48 Å². The van der Waals surface area contributed by atoms with Gasteiger partial charge in [-0.15, -0.1) is 0 Å². The van der Waals surface area contributed by atoms with Crippen LogP contribution in [0.4, 0.5) is 0 Å². The molecule has 1 heterocycles. The molecule has 4 heteroatoms. The quantitative estimate of drug-likeness (QED) is 0.873. The number of carboxylic acids is 1. The summed E-state index contributed by atoms with van der Waals surface area (Å²) in [5.41, 5.74) is 2.40. The molecule has 1 fully saturated rings. The SMILES string of the molecule is Cn1ncc(C2CCCCC2)c1CCC(=O)O. The lowest BCUT2D eigenvalue weighted by Crippen LogP contribution is -2.09. The maximum Gasteiger partial charge on any atom is 0.303 e. The molecule has 0 radical (unpaired) electrons. The van der Waals surface area contributed by atoms with Crippen molar-refractivity contribution < 1.29 is 9.90 Å². The van der Waals surface area contributed by atoms with Crippen LogP contribution in [-0.2, 0) is 18.3 Å². The molecule has 1 N–H and O–H groups in total. The van der Waals surface area contributed by atoms with Crippen LogP contribution in [0.1, 0.15) is 55.7 Å². The van der Waals surface area contributed by atoms with Crippen molar-refractivity contribution in [2.24, 2.45) is 7.05 Å². The molecule has 0 saturated heterocycles. The largest absolute Gasteiger partial charge is 0.481 e. The minimum absolute atomic E-state index is 0.194. The number of hydrogen-bond donors (Lipinski definition) is 1. The molecule has 1 aliphatic rings. The standard InChI is InChI=1S/C13H20N2O2/c1-15-12(7-8-13(16)17)11(9-14-15)10-5-3-2-4-6-10/h9-10H,2-8H2,1H3,(H,16,17). The molecule has 1 aromatic heterocycles. The molecule has 2 rings (SSSR count). The predicted molar refractivity (Wildman–Crippen MR) is 65.0 cm³/mol. The van der Waals surface area contributed by atoms with E-state index < -0.39 is 5.97 Å². The van der Waals surface area contributed by atoms with E-state index in [-0.39, 0.29) is 6.42 Å². The second-order valence-electron chi connectivity index (χ2n) is 4.90. The van der Waals surface area contributed by atoms with Crippen LogP contribution in [0.2, 0.25) is 0 Å². The summed E-state index contributed by atoms with van der Waals surface area (Å²) in [5, 5.41) is 13.1. The topological polar surface area (TPSA) is 55.1 Å². The van der Waals surface area contributed by atoms with E-state index in [1.165, 1.54) is 37.7 Å². The second kappa shape index (κ2) is 5.34. The van der Waals surface area contributed by atoms with Crippen molar-refractivity contribution >= 4 is 5.97 Å². The molecule has 1 saturated carbocycles. The predicted octanol–water partition coefficient (Wildman–Crippen LogP) is 2.49. The molecule has 0 amide bonds. The summed E-state index contributed by atoms with van der Waals surface area (Å²) in [5.74, 6) is -0.137. The van der Waals surface area contributed by atoms with Gasteiger partial charge in [0.1, 0.15) is 0 Å². The minimum atomic E-state index is -0.735. The van der Waals surface area contributed by atoms with Crippen LogP contribution in [0.15, 0.2) is 6.20 Å². The van der Waals surface area contributed by atoms with Crippen molar-refractivity contribution in [3.63, 3.8) is 0 Å². The van der Waals surface area contributed by atoms with Crippen molar-refractivity contribution in [1.82, 2.24) is 9.78 Å². The number of carbonyl (C=O) groups is 1. The van der Waals surface area contributed by atoms with Gasteiger partial charge in [0.05, 0.1) is 12.6 Å². The number of aryl methyl sites for hydroxylation is 1. The number of rotatable bonds is 4. The second-order valence-corrected chi connectivity index (χ2v) is 4.90. The zero-order valence-electron chi connectivity index (χ0n) is 10.4. The van der Waals surface area contributed by atoms with Gasteiger partial charge in [-0.25, -0.2) is 0 Å². The van der Waals surface area contributed by atoms with Crippen LogP contribution in [0, 0.1) is 0 Å². The molecular formula is C13H20N2O2.